The first kappa shape index (κ1) is 22.6. The van der Waals surface area contributed by atoms with E-state index in [9.17, 15) is 9.59 Å². The third-order valence-corrected chi connectivity index (χ3v) is 5.84. The molecule has 1 unspecified atom stereocenters. The average molecular weight is 437 g/mol. The van der Waals surface area contributed by atoms with Gasteiger partial charge in [0.1, 0.15) is 6.04 Å². The van der Waals surface area contributed by atoms with Crippen molar-refractivity contribution in [3.8, 4) is 0 Å². The van der Waals surface area contributed by atoms with Crippen LogP contribution in [-0.4, -0.2) is 31.8 Å². The summed E-state index contributed by atoms with van der Waals surface area (Å²) in [6, 6.07) is 16.5. The summed E-state index contributed by atoms with van der Waals surface area (Å²) in [5, 5.41) is 8.69. The lowest BCUT2D eigenvalue weighted by atomic mass is 9.98. The van der Waals surface area contributed by atoms with E-state index in [4.69, 9.17) is 0 Å². The maximum Gasteiger partial charge on any atom is 0.276 e. The summed E-state index contributed by atoms with van der Waals surface area (Å²) in [6.45, 7) is 8.26. The number of nitrogens with zero attached hydrogens (tertiary/aromatic N) is 3. The van der Waals surface area contributed by atoms with Crippen LogP contribution in [-0.2, 0) is 11.3 Å². The van der Waals surface area contributed by atoms with Crippen LogP contribution in [0.25, 0.3) is 0 Å². The smallest absolute Gasteiger partial charge is 0.276 e. The minimum absolute atomic E-state index is 0.221. The molecule has 0 aliphatic rings. The number of benzene rings is 2. The predicted octanol–water partition coefficient (Wildman–Crippen LogP) is 4.54. The van der Waals surface area contributed by atoms with Gasteiger partial charge in [0, 0.05) is 17.5 Å². The Kier molecular flexibility index (Phi) is 7.17. The number of carbonyl (C=O) groups is 2. The zero-order valence-electron chi connectivity index (χ0n) is 18.3. The number of aromatic nitrogens is 2. The first-order chi connectivity index (χ1) is 14.8. The fourth-order valence-corrected chi connectivity index (χ4v) is 3.60. The Balaban J connectivity index is 2.05. The zero-order chi connectivity index (χ0) is 22.4. The molecule has 1 aromatic heterocycles. The molecule has 6 nitrogen and oxygen atoms in total. The third-order valence-electron chi connectivity index (χ3n) is 5.33. The Labute approximate surface area is 187 Å². The maximum absolute atomic E-state index is 13.5. The van der Waals surface area contributed by atoms with Crippen molar-refractivity contribution in [2.24, 2.45) is 0 Å². The van der Waals surface area contributed by atoms with Gasteiger partial charge in [-0.2, -0.15) is 0 Å². The van der Waals surface area contributed by atoms with Gasteiger partial charge in [0.2, 0.25) is 5.91 Å². The molecule has 3 aromatic rings. The lowest BCUT2D eigenvalue weighted by molar-refractivity contribution is -0.127. The number of carbonyl (C=O) groups excluding carboxylic acids is 2. The quantitative estimate of drug-likeness (QED) is 0.563. The van der Waals surface area contributed by atoms with E-state index < -0.39 is 11.6 Å². The number of hydrogen-bond donors (Lipinski definition) is 1. The monoisotopic (exact) mass is 436 g/mol. The summed E-state index contributed by atoms with van der Waals surface area (Å²) in [6.07, 6.45) is 0.766. The van der Waals surface area contributed by atoms with E-state index in [1.54, 1.807) is 10.3 Å². The van der Waals surface area contributed by atoms with Crippen LogP contribution in [0.2, 0.25) is 0 Å². The van der Waals surface area contributed by atoms with E-state index in [-0.39, 0.29) is 24.1 Å². The SMILES string of the molecule is CCC(C)(C)NC(=O)C(c1ccccc1)N(Cc1ccc(C)cc1)C(=O)c1csnn1. The Bertz CT molecular complexity index is 1000. The van der Waals surface area contributed by atoms with Crippen molar-refractivity contribution in [2.45, 2.75) is 52.2 Å². The molecule has 0 saturated carbocycles. The van der Waals surface area contributed by atoms with Gasteiger partial charge in [-0.15, -0.1) is 5.10 Å². The Hall–Kier alpha value is -3.06. The summed E-state index contributed by atoms with van der Waals surface area (Å²) in [5.74, 6) is -0.547. The van der Waals surface area contributed by atoms with Gasteiger partial charge in [0.15, 0.2) is 5.69 Å². The topological polar surface area (TPSA) is 75.2 Å². The Morgan fingerprint density at radius 2 is 1.77 bits per heavy atom. The predicted molar refractivity (Wildman–Crippen MR) is 123 cm³/mol. The van der Waals surface area contributed by atoms with Crippen molar-refractivity contribution < 1.29 is 9.59 Å². The van der Waals surface area contributed by atoms with Crippen LogP contribution in [0.4, 0.5) is 0 Å². The van der Waals surface area contributed by atoms with Crippen molar-refractivity contribution in [1.82, 2.24) is 19.8 Å². The standard InChI is InChI=1S/C24H28N4O2S/c1-5-24(3,4)25-22(29)21(19-9-7-6-8-10-19)28(23(30)20-16-31-27-26-20)15-18-13-11-17(2)12-14-18/h6-14,16,21H,5,15H2,1-4H3,(H,25,29). The molecule has 1 N–H and O–H groups in total. The number of aryl methyl sites for hydroxylation is 1. The lowest BCUT2D eigenvalue weighted by Crippen LogP contribution is -2.50. The van der Waals surface area contributed by atoms with E-state index in [1.807, 2.05) is 82.3 Å². The molecule has 1 heterocycles. The van der Waals surface area contributed by atoms with Crippen molar-refractivity contribution >= 4 is 23.3 Å². The maximum atomic E-state index is 13.5. The van der Waals surface area contributed by atoms with Crippen LogP contribution in [0.5, 0.6) is 0 Å². The lowest BCUT2D eigenvalue weighted by Gasteiger charge is -2.34. The normalized spacial score (nSPS) is 12.3. The molecule has 0 aliphatic heterocycles. The molecular formula is C24H28N4O2S. The highest BCUT2D eigenvalue weighted by Gasteiger charge is 2.35. The number of rotatable bonds is 8. The van der Waals surface area contributed by atoms with Gasteiger partial charge < -0.3 is 10.2 Å². The number of hydrogen-bond acceptors (Lipinski definition) is 5. The van der Waals surface area contributed by atoms with Crippen LogP contribution < -0.4 is 5.32 Å². The van der Waals surface area contributed by atoms with E-state index in [2.05, 4.69) is 14.9 Å². The molecule has 2 aromatic carbocycles. The van der Waals surface area contributed by atoms with E-state index >= 15 is 0 Å². The molecule has 7 heteroatoms. The highest BCUT2D eigenvalue weighted by atomic mass is 32.1. The summed E-state index contributed by atoms with van der Waals surface area (Å²) < 4.78 is 3.84. The minimum Gasteiger partial charge on any atom is -0.349 e. The molecule has 1 atom stereocenters. The second-order valence-corrected chi connectivity index (χ2v) is 8.86. The van der Waals surface area contributed by atoms with Crippen LogP contribution >= 0.6 is 11.5 Å². The van der Waals surface area contributed by atoms with Crippen LogP contribution in [0.3, 0.4) is 0 Å². The molecular weight excluding hydrogens is 408 g/mol. The van der Waals surface area contributed by atoms with Crippen molar-refractivity contribution in [3.05, 3.63) is 82.4 Å². The van der Waals surface area contributed by atoms with Gasteiger partial charge in [0.05, 0.1) is 0 Å². The van der Waals surface area contributed by atoms with E-state index in [0.29, 0.717) is 0 Å². The molecule has 31 heavy (non-hydrogen) atoms. The highest BCUT2D eigenvalue weighted by Crippen LogP contribution is 2.27. The summed E-state index contributed by atoms with van der Waals surface area (Å²) in [5.41, 5.74) is 2.65. The first-order valence-electron chi connectivity index (χ1n) is 10.3. The first-order valence-corrected chi connectivity index (χ1v) is 11.1. The average Bonchev–Trinajstić information content (AvgIpc) is 3.29. The molecule has 0 radical (unpaired) electrons. The fourth-order valence-electron chi connectivity index (χ4n) is 3.17. The fraction of sp³-hybridized carbons (Fsp3) is 0.333. The molecule has 2 amide bonds. The molecule has 0 saturated heterocycles. The molecule has 162 valence electrons. The molecule has 3 rings (SSSR count). The van der Waals surface area contributed by atoms with Crippen molar-refractivity contribution in [1.29, 1.82) is 0 Å². The van der Waals surface area contributed by atoms with Crippen LogP contribution in [0.1, 0.15) is 60.4 Å². The van der Waals surface area contributed by atoms with Gasteiger partial charge in [0.25, 0.3) is 5.91 Å². The molecule has 0 spiro atoms. The van der Waals surface area contributed by atoms with E-state index in [0.717, 1.165) is 34.6 Å². The summed E-state index contributed by atoms with van der Waals surface area (Å²) in [7, 11) is 0. The van der Waals surface area contributed by atoms with Crippen LogP contribution in [0.15, 0.2) is 60.0 Å². The number of amides is 2. The van der Waals surface area contributed by atoms with Gasteiger partial charge in [-0.05, 0) is 49.9 Å². The Morgan fingerprint density at radius 3 is 2.35 bits per heavy atom. The second-order valence-electron chi connectivity index (χ2n) is 8.25. The molecule has 0 fully saturated rings. The van der Waals surface area contributed by atoms with E-state index in [1.165, 1.54) is 0 Å². The largest absolute Gasteiger partial charge is 0.349 e. The van der Waals surface area contributed by atoms with Crippen LogP contribution in [0, 0.1) is 6.92 Å². The van der Waals surface area contributed by atoms with Gasteiger partial charge in [-0.1, -0.05) is 71.6 Å². The summed E-state index contributed by atoms with van der Waals surface area (Å²) in [4.78, 5) is 28.6. The van der Waals surface area contributed by atoms with Gasteiger partial charge in [-0.25, -0.2) is 0 Å². The highest BCUT2D eigenvalue weighted by molar-refractivity contribution is 7.03. The van der Waals surface area contributed by atoms with Gasteiger partial charge in [-0.3, -0.25) is 9.59 Å². The van der Waals surface area contributed by atoms with Gasteiger partial charge >= 0.3 is 0 Å². The molecule has 0 aliphatic carbocycles. The van der Waals surface area contributed by atoms with Crippen molar-refractivity contribution in [3.63, 3.8) is 0 Å². The second kappa shape index (κ2) is 9.83. The summed E-state index contributed by atoms with van der Waals surface area (Å²) >= 11 is 1.11. The zero-order valence-corrected chi connectivity index (χ0v) is 19.1. The number of nitrogens with one attached hydrogen (secondary N) is 1. The third kappa shape index (κ3) is 5.76. The Morgan fingerprint density at radius 1 is 1.10 bits per heavy atom. The van der Waals surface area contributed by atoms with Crippen molar-refractivity contribution in [2.75, 3.05) is 0 Å². The minimum atomic E-state index is -0.803. The molecule has 0 bridgehead atoms.